The summed E-state index contributed by atoms with van der Waals surface area (Å²) >= 11 is 1.49. The molecule has 0 fully saturated rings. The summed E-state index contributed by atoms with van der Waals surface area (Å²) in [5, 5.41) is 2.95. The number of ether oxygens (including phenoxy) is 1. The fraction of sp³-hybridized carbons (Fsp3) is 0.333. The quantitative estimate of drug-likeness (QED) is 0.431. The number of thioether (sulfide) groups is 1. The number of aromatic nitrogens is 1. The third kappa shape index (κ3) is 7.15. The normalized spacial score (nSPS) is 10.9. The van der Waals surface area contributed by atoms with Gasteiger partial charge in [0.15, 0.2) is 0 Å². The Balaban J connectivity index is 1.45. The van der Waals surface area contributed by atoms with Crippen molar-refractivity contribution in [2.75, 3.05) is 37.3 Å². The van der Waals surface area contributed by atoms with Crippen LogP contribution in [0.4, 0.5) is 5.69 Å². The zero-order chi connectivity index (χ0) is 21.9. The van der Waals surface area contributed by atoms with Crippen LogP contribution in [0.25, 0.3) is 11.5 Å². The Bertz CT molecular complexity index is 942. The number of anilines is 1. The number of carbonyl (C=O) groups excluding carboxylic acids is 1. The molecule has 0 atom stereocenters. The zero-order valence-corrected chi connectivity index (χ0v) is 18.9. The van der Waals surface area contributed by atoms with E-state index >= 15 is 0 Å². The number of likely N-dealkylation sites (N-methyl/N-ethyl adjacent to an activating group) is 1. The Morgan fingerprint density at radius 2 is 1.84 bits per heavy atom. The van der Waals surface area contributed by atoms with Gasteiger partial charge in [0.05, 0.1) is 17.1 Å². The van der Waals surface area contributed by atoms with Gasteiger partial charge in [-0.15, -0.1) is 11.8 Å². The molecule has 0 radical (unpaired) electrons. The number of rotatable bonds is 12. The van der Waals surface area contributed by atoms with E-state index in [2.05, 4.69) is 29.0 Å². The standard InChI is InChI=1S/C24H29N3O3S/c1-3-27(4-2)14-15-29-22-13-9-8-12-21(22)26-23(28)18-31-17-20-16-30-24(25-20)19-10-6-5-7-11-19/h5-13,16H,3-4,14-15,17-18H2,1-2H3,(H,26,28). The van der Waals surface area contributed by atoms with Crippen molar-refractivity contribution in [2.24, 2.45) is 0 Å². The van der Waals surface area contributed by atoms with Gasteiger partial charge in [-0.2, -0.15) is 0 Å². The molecule has 0 aliphatic carbocycles. The molecule has 0 aliphatic heterocycles. The van der Waals surface area contributed by atoms with E-state index in [1.54, 1.807) is 6.26 Å². The van der Waals surface area contributed by atoms with Crippen molar-refractivity contribution in [3.8, 4) is 17.2 Å². The van der Waals surface area contributed by atoms with Gasteiger partial charge in [-0.05, 0) is 37.4 Å². The molecular formula is C24H29N3O3S. The van der Waals surface area contributed by atoms with Gasteiger partial charge in [-0.25, -0.2) is 4.98 Å². The lowest BCUT2D eigenvalue weighted by atomic mass is 10.2. The van der Waals surface area contributed by atoms with Gasteiger partial charge in [0.25, 0.3) is 0 Å². The summed E-state index contributed by atoms with van der Waals surface area (Å²) in [7, 11) is 0. The number of amides is 1. The van der Waals surface area contributed by atoms with Crippen LogP contribution in [0.5, 0.6) is 5.75 Å². The Kier molecular flexibility index (Phi) is 8.99. The predicted octanol–water partition coefficient (Wildman–Crippen LogP) is 4.93. The van der Waals surface area contributed by atoms with Crippen LogP contribution in [0.15, 0.2) is 65.3 Å². The first-order valence-corrected chi connectivity index (χ1v) is 11.7. The maximum Gasteiger partial charge on any atom is 0.234 e. The first kappa shape index (κ1) is 22.9. The average molecular weight is 440 g/mol. The van der Waals surface area contributed by atoms with E-state index in [9.17, 15) is 4.79 Å². The van der Waals surface area contributed by atoms with Gasteiger partial charge in [0.2, 0.25) is 11.8 Å². The van der Waals surface area contributed by atoms with Crippen LogP contribution in [-0.4, -0.2) is 47.8 Å². The smallest absolute Gasteiger partial charge is 0.234 e. The van der Waals surface area contributed by atoms with Gasteiger partial charge in [-0.3, -0.25) is 4.79 Å². The molecule has 0 spiro atoms. The molecule has 3 rings (SSSR count). The van der Waals surface area contributed by atoms with Crippen LogP contribution >= 0.6 is 11.8 Å². The molecule has 7 heteroatoms. The Morgan fingerprint density at radius 3 is 2.61 bits per heavy atom. The highest BCUT2D eigenvalue weighted by Gasteiger charge is 2.10. The summed E-state index contributed by atoms with van der Waals surface area (Å²) in [5.74, 6) is 2.14. The maximum atomic E-state index is 12.4. The number of hydrogen-bond acceptors (Lipinski definition) is 6. The number of oxazole rings is 1. The van der Waals surface area contributed by atoms with Gasteiger partial charge >= 0.3 is 0 Å². The molecule has 0 saturated heterocycles. The van der Waals surface area contributed by atoms with E-state index in [-0.39, 0.29) is 5.91 Å². The van der Waals surface area contributed by atoms with Gasteiger partial charge < -0.3 is 19.4 Å². The topological polar surface area (TPSA) is 67.6 Å². The second-order valence-electron chi connectivity index (χ2n) is 6.92. The minimum atomic E-state index is -0.0726. The predicted molar refractivity (Wildman–Crippen MR) is 126 cm³/mol. The number of para-hydroxylation sites is 2. The van der Waals surface area contributed by atoms with E-state index in [0.717, 1.165) is 30.9 Å². The number of carbonyl (C=O) groups is 1. The lowest BCUT2D eigenvalue weighted by molar-refractivity contribution is -0.113. The summed E-state index contributed by atoms with van der Waals surface area (Å²) in [6.45, 7) is 7.70. The van der Waals surface area contributed by atoms with E-state index < -0.39 is 0 Å². The Morgan fingerprint density at radius 1 is 1.10 bits per heavy atom. The van der Waals surface area contributed by atoms with Crippen LogP contribution in [-0.2, 0) is 10.5 Å². The van der Waals surface area contributed by atoms with Crippen molar-refractivity contribution in [1.82, 2.24) is 9.88 Å². The summed E-state index contributed by atoms with van der Waals surface area (Å²) in [6, 6.07) is 17.3. The molecule has 6 nitrogen and oxygen atoms in total. The molecule has 1 heterocycles. The summed E-state index contributed by atoms with van der Waals surface area (Å²) in [4.78, 5) is 19.2. The third-order valence-corrected chi connectivity index (χ3v) is 5.74. The number of hydrogen-bond donors (Lipinski definition) is 1. The molecule has 0 aliphatic rings. The fourth-order valence-electron chi connectivity index (χ4n) is 3.04. The number of nitrogens with one attached hydrogen (secondary N) is 1. The van der Waals surface area contributed by atoms with E-state index in [4.69, 9.17) is 9.15 Å². The monoisotopic (exact) mass is 439 g/mol. The molecule has 164 valence electrons. The summed E-state index contributed by atoms with van der Waals surface area (Å²) in [5.41, 5.74) is 2.45. The molecule has 0 saturated carbocycles. The van der Waals surface area contributed by atoms with Crippen molar-refractivity contribution >= 4 is 23.4 Å². The lowest BCUT2D eigenvalue weighted by Crippen LogP contribution is -2.28. The minimum absolute atomic E-state index is 0.0726. The second-order valence-corrected chi connectivity index (χ2v) is 7.91. The van der Waals surface area contributed by atoms with Gasteiger partial charge in [0.1, 0.15) is 18.6 Å². The molecule has 2 aromatic carbocycles. The molecule has 0 bridgehead atoms. The molecular weight excluding hydrogens is 410 g/mol. The largest absolute Gasteiger partial charge is 0.490 e. The van der Waals surface area contributed by atoms with Gasteiger partial charge in [-0.1, -0.05) is 44.2 Å². The van der Waals surface area contributed by atoms with Crippen molar-refractivity contribution in [3.05, 3.63) is 66.6 Å². The highest BCUT2D eigenvalue weighted by molar-refractivity contribution is 7.99. The minimum Gasteiger partial charge on any atom is -0.490 e. The summed E-state index contributed by atoms with van der Waals surface area (Å²) in [6.07, 6.45) is 1.65. The number of nitrogens with zero attached hydrogens (tertiary/aromatic N) is 2. The molecule has 3 aromatic rings. The van der Waals surface area contributed by atoms with E-state index in [1.165, 1.54) is 11.8 Å². The van der Waals surface area contributed by atoms with Gasteiger partial charge in [0, 0.05) is 17.9 Å². The molecule has 1 N–H and O–H groups in total. The number of benzene rings is 2. The average Bonchev–Trinajstić information content (AvgIpc) is 3.27. The lowest BCUT2D eigenvalue weighted by Gasteiger charge is -2.19. The van der Waals surface area contributed by atoms with Crippen LogP contribution in [0, 0.1) is 0 Å². The van der Waals surface area contributed by atoms with Crippen LogP contribution in [0.2, 0.25) is 0 Å². The third-order valence-electron chi connectivity index (χ3n) is 4.78. The van der Waals surface area contributed by atoms with Crippen molar-refractivity contribution in [3.63, 3.8) is 0 Å². The molecule has 1 amide bonds. The molecule has 31 heavy (non-hydrogen) atoms. The Hall–Kier alpha value is -2.77. The summed E-state index contributed by atoms with van der Waals surface area (Å²) < 4.78 is 11.5. The maximum absolute atomic E-state index is 12.4. The van der Waals surface area contributed by atoms with Crippen molar-refractivity contribution in [2.45, 2.75) is 19.6 Å². The fourth-order valence-corrected chi connectivity index (χ4v) is 3.74. The van der Waals surface area contributed by atoms with E-state index in [1.807, 2.05) is 54.6 Å². The van der Waals surface area contributed by atoms with Crippen molar-refractivity contribution in [1.29, 1.82) is 0 Å². The van der Waals surface area contributed by atoms with Crippen LogP contribution < -0.4 is 10.1 Å². The zero-order valence-electron chi connectivity index (χ0n) is 18.0. The molecule has 1 aromatic heterocycles. The SMILES string of the molecule is CCN(CC)CCOc1ccccc1NC(=O)CSCc1coc(-c2ccccc2)n1. The Labute approximate surface area is 188 Å². The first-order chi connectivity index (χ1) is 15.2. The van der Waals surface area contributed by atoms with Crippen LogP contribution in [0.1, 0.15) is 19.5 Å². The highest BCUT2D eigenvalue weighted by atomic mass is 32.2. The van der Waals surface area contributed by atoms with E-state index in [0.29, 0.717) is 35.4 Å². The first-order valence-electron chi connectivity index (χ1n) is 10.5. The van der Waals surface area contributed by atoms with Crippen LogP contribution in [0.3, 0.4) is 0 Å². The highest BCUT2D eigenvalue weighted by Crippen LogP contribution is 2.24. The second kappa shape index (κ2) is 12.2. The molecule has 0 unspecified atom stereocenters. The van der Waals surface area contributed by atoms with Crippen molar-refractivity contribution < 1.29 is 13.9 Å².